The summed E-state index contributed by atoms with van der Waals surface area (Å²) in [5, 5.41) is 0.753. The molecule has 0 bridgehead atoms. The Balaban J connectivity index is 2.25. The number of hydrogen-bond donors (Lipinski definition) is 0. The zero-order chi connectivity index (χ0) is 10.7. The van der Waals surface area contributed by atoms with Crippen LogP contribution in [0.15, 0.2) is 42.5 Å². The summed E-state index contributed by atoms with van der Waals surface area (Å²) in [4.78, 5) is 0. The van der Waals surface area contributed by atoms with Gasteiger partial charge in [0.2, 0.25) is 0 Å². The van der Waals surface area contributed by atoms with Crippen LogP contribution >= 0.6 is 11.6 Å². The van der Waals surface area contributed by atoms with Gasteiger partial charge in [-0.1, -0.05) is 35.9 Å². The number of benzene rings is 1. The fraction of sp³-hybridized carbons (Fsp3) is 0.154. The molecule has 0 atom stereocenters. The van der Waals surface area contributed by atoms with Crippen molar-refractivity contribution in [3.63, 3.8) is 0 Å². The van der Waals surface area contributed by atoms with E-state index in [-0.39, 0.29) is 0 Å². The van der Waals surface area contributed by atoms with Gasteiger partial charge in [0.05, 0.1) is 13.2 Å². The van der Waals surface area contributed by atoms with E-state index in [4.69, 9.17) is 16.3 Å². The quantitative estimate of drug-likeness (QED) is 0.740. The van der Waals surface area contributed by atoms with E-state index >= 15 is 0 Å². The number of hydrogen-bond acceptors (Lipinski definition) is 1. The van der Waals surface area contributed by atoms with E-state index in [0.717, 1.165) is 16.5 Å². The van der Waals surface area contributed by atoms with Crippen molar-refractivity contribution < 1.29 is 4.74 Å². The highest BCUT2D eigenvalue weighted by Crippen LogP contribution is 2.25. The molecule has 1 radical (unpaired) electrons. The van der Waals surface area contributed by atoms with Crippen molar-refractivity contribution in [3.05, 3.63) is 59.0 Å². The van der Waals surface area contributed by atoms with Gasteiger partial charge in [0.25, 0.3) is 0 Å². The topological polar surface area (TPSA) is 9.23 Å². The molecule has 2 heteroatoms. The van der Waals surface area contributed by atoms with E-state index in [1.165, 1.54) is 5.57 Å². The summed E-state index contributed by atoms with van der Waals surface area (Å²) < 4.78 is 5.35. The second kappa shape index (κ2) is 4.65. The summed E-state index contributed by atoms with van der Waals surface area (Å²) in [6.07, 6.45) is 3.94. The minimum atomic E-state index is 0.661. The number of halogens is 1. The Morgan fingerprint density at radius 1 is 1.33 bits per heavy atom. The minimum Gasteiger partial charge on any atom is -0.376 e. The molecule has 1 heterocycles. The molecule has 0 unspecified atom stereocenters. The minimum absolute atomic E-state index is 0.661. The van der Waals surface area contributed by atoms with Crippen LogP contribution in [0, 0.1) is 5.92 Å². The van der Waals surface area contributed by atoms with Gasteiger partial charge in [0, 0.05) is 10.9 Å². The first kappa shape index (κ1) is 10.5. The summed E-state index contributed by atoms with van der Waals surface area (Å²) in [7, 11) is 0. The molecule has 1 aromatic carbocycles. The maximum Gasteiger partial charge on any atom is 0.0690 e. The van der Waals surface area contributed by atoms with Crippen molar-refractivity contribution in [1.29, 1.82) is 0 Å². The van der Waals surface area contributed by atoms with E-state index in [1.807, 2.05) is 30.3 Å². The highest BCUT2D eigenvalue weighted by molar-refractivity contribution is 6.30. The molecule has 1 saturated heterocycles. The molecule has 1 aromatic rings. The largest absolute Gasteiger partial charge is 0.376 e. The molecule has 0 saturated carbocycles. The Morgan fingerprint density at radius 2 is 2.20 bits per heavy atom. The van der Waals surface area contributed by atoms with Crippen LogP contribution in [0.3, 0.4) is 0 Å². The second-order valence-electron chi connectivity index (χ2n) is 3.45. The van der Waals surface area contributed by atoms with Gasteiger partial charge in [-0.25, -0.2) is 0 Å². The van der Waals surface area contributed by atoms with Gasteiger partial charge in [-0.2, -0.15) is 0 Å². The lowest BCUT2D eigenvalue weighted by Gasteiger charge is -2.02. The zero-order valence-corrected chi connectivity index (χ0v) is 9.13. The molecule has 2 rings (SSSR count). The third-order valence-electron chi connectivity index (χ3n) is 2.36. The molecule has 77 valence electrons. The van der Waals surface area contributed by atoms with Gasteiger partial charge in [-0.15, -0.1) is 6.58 Å². The summed E-state index contributed by atoms with van der Waals surface area (Å²) in [5.74, 6) is 1.16. The third-order valence-corrected chi connectivity index (χ3v) is 2.60. The van der Waals surface area contributed by atoms with Crippen LogP contribution in [0.5, 0.6) is 0 Å². The molecule has 0 spiro atoms. The number of rotatable bonds is 2. The molecule has 0 amide bonds. The van der Waals surface area contributed by atoms with E-state index in [0.29, 0.717) is 13.2 Å². The lowest BCUT2D eigenvalue weighted by atomic mass is 10.0. The monoisotopic (exact) mass is 219 g/mol. The summed E-state index contributed by atoms with van der Waals surface area (Å²) >= 11 is 5.91. The van der Waals surface area contributed by atoms with Gasteiger partial charge in [0.15, 0.2) is 0 Å². The molecule has 15 heavy (non-hydrogen) atoms. The van der Waals surface area contributed by atoms with E-state index in [1.54, 1.807) is 0 Å². The normalized spacial score (nSPS) is 19.7. The lowest BCUT2D eigenvalue weighted by molar-refractivity contribution is 0.211. The van der Waals surface area contributed by atoms with Crippen LogP contribution in [-0.2, 0) is 4.74 Å². The first-order valence-corrected chi connectivity index (χ1v) is 5.20. The van der Waals surface area contributed by atoms with E-state index in [2.05, 4.69) is 12.7 Å². The fourth-order valence-corrected chi connectivity index (χ4v) is 1.78. The smallest absolute Gasteiger partial charge is 0.0690 e. The molecular weight excluding hydrogens is 208 g/mol. The van der Waals surface area contributed by atoms with Crippen LogP contribution in [0.2, 0.25) is 5.02 Å². The van der Waals surface area contributed by atoms with E-state index < -0.39 is 0 Å². The van der Waals surface area contributed by atoms with Crippen LogP contribution < -0.4 is 0 Å². The molecule has 1 aliphatic rings. The Kier molecular flexibility index (Phi) is 3.24. The Hall–Kier alpha value is -1.05. The summed E-state index contributed by atoms with van der Waals surface area (Å²) in [6, 6.07) is 7.77. The predicted molar refractivity (Wildman–Crippen MR) is 63.7 cm³/mol. The molecule has 0 N–H and O–H groups in total. The third kappa shape index (κ3) is 2.49. The average molecular weight is 220 g/mol. The Bertz CT molecular complexity index is 395. The Labute approximate surface area is 95.0 Å². The highest BCUT2D eigenvalue weighted by atomic mass is 35.5. The summed E-state index contributed by atoms with van der Waals surface area (Å²) in [6.45, 7) is 5.09. The van der Waals surface area contributed by atoms with Crippen LogP contribution in [0.1, 0.15) is 5.56 Å². The van der Waals surface area contributed by atoms with Crippen molar-refractivity contribution in [2.75, 3.05) is 13.2 Å². The van der Waals surface area contributed by atoms with Crippen molar-refractivity contribution in [2.45, 2.75) is 0 Å². The first-order chi connectivity index (χ1) is 7.29. The molecule has 1 aliphatic heterocycles. The van der Waals surface area contributed by atoms with Crippen LogP contribution in [0.4, 0.5) is 0 Å². The molecule has 0 aromatic heterocycles. The van der Waals surface area contributed by atoms with Crippen molar-refractivity contribution >= 4 is 17.7 Å². The van der Waals surface area contributed by atoms with Gasteiger partial charge in [-0.3, -0.25) is 0 Å². The fourth-order valence-electron chi connectivity index (χ4n) is 1.58. The lowest BCUT2D eigenvalue weighted by Crippen LogP contribution is -1.93. The van der Waals surface area contributed by atoms with E-state index in [9.17, 15) is 0 Å². The maximum atomic E-state index is 5.91. The predicted octanol–water partition coefficient (Wildman–Crippen LogP) is 3.51. The molecule has 1 nitrogen and oxygen atoms in total. The van der Waals surface area contributed by atoms with Crippen LogP contribution in [0.25, 0.3) is 6.08 Å². The first-order valence-electron chi connectivity index (χ1n) is 4.82. The van der Waals surface area contributed by atoms with Crippen molar-refractivity contribution in [2.24, 2.45) is 0 Å². The molecular formula is C13H12ClO. The molecule has 1 fully saturated rings. The van der Waals surface area contributed by atoms with Crippen molar-refractivity contribution in [1.82, 2.24) is 0 Å². The van der Waals surface area contributed by atoms with Crippen molar-refractivity contribution in [3.8, 4) is 0 Å². The van der Waals surface area contributed by atoms with Gasteiger partial charge in [-0.05, 0) is 23.3 Å². The number of ether oxygens (including phenoxy) is 1. The average Bonchev–Trinajstić information content (AvgIpc) is 2.65. The van der Waals surface area contributed by atoms with Gasteiger partial charge < -0.3 is 4.74 Å². The second-order valence-corrected chi connectivity index (χ2v) is 3.88. The Morgan fingerprint density at radius 3 is 2.93 bits per heavy atom. The van der Waals surface area contributed by atoms with Gasteiger partial charge in [0.1, 0.15) is 0 Å². The standard InChI is InChI=1S/C13H12ClO/c1-2-11-8-15-9-12(11)6-10-4-3-5-13(14)7-10/h2-7H,1,8-9H2/b12-6+. The van der Waals surface area contributed by atoms with Gasteiger partial charge >= 0.3 is 0 Å². The SMILES string of the molecule is C=C[C]1COC/C1=C\c1cccc(Cl)c1. The zero-order valence-electron chi connectivity index (χ0n) is 8.37. The maximum absolute atomic E-state index is 5.91. The van der Waals surface area contributed by atoms with Crippen LogP contribution in [-0.4, -0.2) is 13.2 Å². The molecule has 0 aliphatic carbocycles. The summed E-state index contributed by atoms with van der Waals surface area (Å²) in [5.41, 5.74) is 2.29. The highest BCUT2D eigenvalue weighted by Gasteiger charge is 2.18.